The Morgan fingerprint density at radius 3 is 2.50 bits per heavy atom. The van der Waals surface area contributed by atoms with Gasteiger partial charge in [-0.25, -0.2) is 4.39 Å². The molecule has 1 atom stereocenters. The number of aromatic nitrogens is 2. The molecule has 0 spiro atoms. The molecule has 0 aliphatic heterocycles. The third-order valence-corrected chi connectivity index (χ3v) is 6.36. The molecule has 1 heterocycles. The Kier molecular flexibility index (Phi) is 8.28. The van der Waals surface area contributed by atoms with Crippen molar-refractivity contribution in [1.29, 1.82) is 0 Å². The van der Waals surface area contributed by atoms with E-state index in [0.717, 1.165) is 26.1 Å². The molecular formula is C24H36FN3O2. The lowest BCUT2D eigenvalue weighted by Gasteiger charge is -2.40. The SMILES string of the molecule is CN(CCCOC(C)(c1ccnn1C)C1CCCCC1)CCOc1ccc(F)cc1. The Labute approximate surface area is 180 Å². The highest BCUT2D eigenvalue weighted by Gasteiger charge is 2.39. The van der Waals surface area contributed by atoms with Gasteiger partial charge in [-0.3, -0.25) is 4.68 Å². The molecule has 1 fully saturated rings. The maximum absolute atomic E-state index is 12.9. The maximum Gasteiger partial charge on any atom is 0.123 e. The van der Waals surface area contributed by atoms with E-state index in [-0.39, 0.29) is 11.4 Å². The van der Waals surface area contributed by atoms with Crippen molar-refractivity contribution < 1.29 is 13.9 Å². The Morgan fingerprint density at radius 2 is 1.83 bits per heavy atom. The highest BCUT2D eigenvalue weighted by Crippen LogP contribution is 2.41. The molecule has 1 aromatic carbocycles. The van der Waals surface area contributed by atoms with Crippen LogP contribution in [0.15, 0.2) is 36.5 Å². The molecule has 1 saturated carbocycles. The highest BCUT2D eigenvalue weighted by molar-refractivity contribution is 5.22. The van der Waals surface area contributed by atoms with E-state index in [4.69, 9.17) is 9.47 Å². The predicted octanol–water partition coefficient (Wildman–Crippen LogP) is 4.77. The van der Waals surface area contributed by atoms with Gasteiger partial charge in [-0.15, -0.1) is 0 Å². The minimum absolute atomic E-state index is 0.245. The fourth-order valence-corrected chi connectivity index (χ4v) is 4.50. The number of hydrogen-bond donors (Lipinski definition) is 0. The average Bonchev–Trinajstić information content (AvgIpc) is 3.20. The zero-order valence-electron chi connectivity index (χ0n) is 18.6. The summed E-state index contributed by atoms with van der Waals surface area (Å²) in [6.07, 6.45) is 9.20. The fraction of sp³-hybridized carbons (Fsp3) is 0.625. The summed E-state index contributed by atoms with van der Waals surface area (Å²) in [5.41, 5.74) is 0.895. The Hall–Kier alpha value is -1.92. The lowest BCUT2D eigenvalue weighted by atomic mass is 9.76. The number of ether oxygens (including phenoxy) is 2. The van der Waals surface area contributed by atoms with E-state index in [1.165, 1.54) is 49.9 Å². The number of aryl methyl sites for hydroxylation is 1. The first-order chi connectivity index (χ1) is 14.5. The first kappa shape index (κ1) is 22.8. The molecule has 1 aliphatic rings. The molecule has 0 N–H and O–H groups in total. The molecule has 0 bridgehead atoms. The summed E-state index contributed by atoms with van der Waals surface area (Å²) in [7, 11) is 4.10. The highest BCUT2D eigenvalue weighted by atomic mass is 19.1. The number of benzene rings is 1. The molecule has 1 aromatic heterocycles. The van der Waals surface area contributed by atoms with Gasteiger partial charge in [0.2, 0.25) is 0 Å². The van der Waals surface area contributed by atoms with E-state index in [2.05, 4.69) is 30.0 Å². The maximum atomic E-state index is 12.9. The van der Waals surface area contributed by atoms with E-state index < -0.39 is 0 Å². The molecule has 0 radical (unpaired) electrons. The number of hydrogen-bond acceptors (Lipinski definition) is 4. The van der Waals surface area contributed by atoms with E-state index in [0.29, 0.717) is 18.3 Å². The summed E-state index contributed by atoms with van der Waals surface area (Å²) >= 11 is 0. The second-order valence-corrected chi connectivity index (χ2v) is 8.59. The quantitative estimate of drug-likeness (QED) is 0.494. The van der Waals surface area contributed by atoms with Crippen LogP contribution in [0.5, 0.6) is 5.75 Å². The minimum Gasteiger partial charge on any atom is -0.492 e. The molecule has 1 unspecified atom stereocenters. The zero-order valence-corrected chi connectivity index (χ0v) is 18.6. The third-order valence-electron chi connectivity index (χ3n) is 6.36. The van der Waals surface area contributed by atoms with Crippen molar-refractivity contribution in [3.63, 3.8) is 0 Å². The number of nitrogens with zero attached hydrogens (tertiary/aromatic N) is 3. The normalized spacial score (nSPS) is 17.2. The largest absolute Gasteiger partial charge is 0.492 e. The first-order valence-corrected chi connectivity index (χ1v) is 11.2. The van der Waals surface area contributed by atoms with Crippen LogP contribution in [-0.4, -0.2) is 48.0 Å². The summed E-state index contributed by atoms with van der Waals surface area (Å²) in [6, 6.07) is 8.26. The molecule has 30 heavy (non-hydrogen) atoms. The first-order valence-electron chi connectivity index (χ1n) is 11.2. The second kappa shape index (κ2) is 10.9. The summed E-state index contributed by atoms with van der Waals surface area (Å²) in [5.74, 6) is 1.00. The standard InChI is InChI=1S/C24H36FN3O2/c1-24(20-8-5-4-6-9-20,23-14-15-26-28(23)3)30-18-7-16-27(2)17-19-29-22-12-10-21(25)11-13-22/h10-15,20H,4-9,16-19H2,1-3H3. The zero-order chi connectivity index (χ0) is 21.4. The van der Waals surface area contributed by atoms with Gasteiger partial charge in [0, 0.05) is 32.9 Å². The molecule has 3 rings (SSSR count). The molecule has 0 saturated heterocycles. The lowest BCUT2D eigenvalue weighted by molar-refractivity contribution is -0.0964. The van der Waals surface area contributed by atoms with Crippen molar-refractivity contribution in [3.05, 3.63) is 48.0 Å². The van der Waals surface area contributed by atoms with Crippen LogP contribution in [0.3, 0.4) is 0 Å². The number of likely N-dealkylation sites (N-methyl/N-ethyl adjacent to an activating group) is 1. The summed E-state index contributed by atoms with van der Waals surface area (Å²) in [6.45, 7) is 5.32. The molecule has 1 aliphatic carbocycles. The fourth-order valence-electron chi connectivity index (χ4n) is 4.50. The summed E-state index contributed by atoms with van der Waals surface area (Å²) in [4.78, 5) is 2.24. The summed E-state index contributed by atoms with van der Waals surface area (Å²) in [5, 5.41) is 4.39. The predicted molar refractivity (Wildman–Crippen MR) is 117 cm³/mol. The minimum atomic E-state index is -0.282. The molecule has 6 heteroatoms. The van der Waals surface area contributed by atoms with Gasteiger partial charge < -0.3 is 14.4 Å². The van der Waals surface area contributed by atoms with Crippen LogP contribution < -0.4 is 4.74 Å². The third kappa shape index (κ3) is 6.05. The van der Waals surface area contributed by atoms with Crippen molar-refractivity contribution in [2.24, 2.45) is 13.0 Å². The van der Waals surface area contributed by atoms with Crippen LogP contribution in [-0.2, 0) is 17.4 Å². The van der Waals surface area contributed by atoms with E-state index in [9.17, 15) is 4.39 Å². The average molecular weight is 418 g/mol. The van der Waals surface area contributed by atoms with Crippen molar-refractivity contribution >= 4 is 0 Å². The lowest BCUT2D eigenvalue weighted by Crippen LogP contribution is -2.39. The molecule has 2 aromatic rings. The van der Waals surface area contributed by atoms with Gasteiger partial charge in [0.15, 0.2) is 0 Å². The topological polar surface area (TPSA) is 39.5 Å². The van der Waals surface area contributed by atoms with Crippen LogP contribution >= 0.6 is 0 Å². The van der Waals surface area contributed by atoms with E-state index in [1.807, 2.05) is 17.9 Å². The van der Waals surface area contributed by atoms with Gasteiger partial charge in [0.25, 0.3) is 0 Å². The van der Waals surface area contributed by atoms with E-state index >= 15 is 0 Å². The van der Waals surface area contributed by atoms with Gasteiger partial charge >= 0.3 is 0 Å². The summed E-state index contributed by atoms with van der Waals surface area (Å²) < 4.78 is 27.2. The van der Waals surface area contributed by atoms with Crippen molar-refractivity contribution in [1.82, 2.24) is 14.7 Å². The van der Waals surface area contributed by atoms with Crippen LogP contribution in [0.4, 0.5) is 4.39 Å². The van der Waals surface area contributed by atoms with Gasteiger partial charge in [0.05, 0.1) is 5.69 Å². The smallest absolute Gasteiger partial charge is 0.123 e. The molecule has 166 valence electrons. The van der Waals surface area contributed by atoms with Crippen molar-refractivity contribution in [3.8, 4) is 5.75 Å². The monoisotopic (exact) mass is 417 g/mol. The van der Waals surface area contributed by atoms with Gasteiger partial charge in [-0.1, -0.05) is 19.3 Å². The Morgan fingerprint density at radius 1 is 1.10 bits per heavy atom. The van der Waals surface area contributed by atoms with Crippen LogP contribution in [0.2, 0.25) is 0 Å². The van der Waals surface area contributed by atoms with E-state index in [1.54, 1.807) is 12.1 Å². The van der Waals surface area contributed by atoms with Gasteiger partial charge in [-0.2, -0.15) is 5.10 Å². The molecular weight excluding hydrogens is 381 g/mol. The van der Waals surface area contributed by atoms with Crippen molar-refractivity contribution in [2.75, 3.05) is 33.4 Å². The van der Waals surface area contributed by atoms with Gasteiger partial charge in [0.1, 0.15) is 23.8 Å². The molecule has 0 amide bonds. The Balaban J connectivity index is 1.43. The van der Waals surface area contributed by atoms with Crippen LogP contribution in [0.1, 0.15) is 51.1 Å². The number of rotatable bonds is 11. The van der Waals surface area contributed by atoms with Crippen LogP contribution in [0.25, 0.3) is 0 Å². The van der Waals surface area contributed by atoms with Crippen molar-refractivity contribution in [2.45, 2.75) is 51.0 Å². The second-order valence-electron chi connectivity index (χ2n) is 8.59. The van der Waals surface area contributed by atoms with Gasteiger partial charge in [-0.05, 0) is 69.5 Å². The number of halogens is 1. The molecule has 5 nitrogen and oxygen atoms in total. The Bertz CT molecular complexity index is 758. The van der Waals surface area contributed by atoms with Crippen LogP contribution in [0, 0.1) is 11.7 Å².